The van der Waals surface area contributed by atoms with Crippen LogP contribution in [-0.2, 0) is 0 Å². The Labute approximate surface area is 105 Å². The molecular formula is C13H15N3O2. The van der Waals surface area contributed by atoms with Gasteiger partial charge in [0, 0.05) is 25.5 Å². The number of hydrogen-bond acceptors (Lipinski definition) is 3. The minimum Gasteiger partial charge on any atom is -0.395 e. The number of fused-ring (bicyclic) bond motifs is 1. The van der Waals surface area contributed by atoms with Crippen molar-refractivity contribution in [2.24, 2.45) is 0 Å². The third kappa shape index (κ3) is 2.41. The molecule has 94 valence electrons. The Kier molecular flexibility index (Phi) is 3.74. The highest BCUT2D eigenvalue weighted by atomic mass is 16.3. The Morgan fingerprint density at radius 2 is 2.39 bits per heavy atom. The molecule has 5 nitrogen and oxygen atoms in total. The van der Waals surface area contributed by atoms with Gasteiger partial charge in [-0.1, -0.05) is 12.1 Å². The van der Waals surface area contributed by atoms with Crippen molar-refractivity contribution in [3.8, 4) is 0 Å². The second-order valence-electron chi connectivity index (χ2n) is 3.86. The average molecular weight is 245 g/mol. The number of rotatable bonds is 5. The maximum atomic E-state index is 12.2. The third-order valence-corrected chi connectivity index (χ3v) is 2.59. The van der Waals surface area contributed by atoms with E-state index in [1.54, 1.807) is 16.7 Å². The van der Waals surface area contributed by atoms with Gasteiger partial charge in [-0.15, -0.1) is 6.58 Å². The summed E-state index contributed by atoms with van der Waals surface area (Å²) in [5.74, 6) is -0.201. The number of pyridine rings is 1. The van der Waals surface area contributed by atoms with Crippen molar-refractivity contribution in [3.05, 3.63) is 48.9 Å². The van der Waals surface area contributed by atoms with E-state index in [1.165, 1.54) is 4.90 Å². The topological polar surface area (TPSA) is 57.8 Å². The van der Waals surface area contributed by atoms with Crippen molar-refractivity contribution in [1.82, 2.24) is 14.3 Å². The van der Waals surface area contributed by atoms with Crippen LogP contribution in [0.25, 0.3) is 5.65 Å². The smallest absolute Gasteiger partial charge is 0.274 e. The number of amides is 1. The molecule has 5 heteroatoms. The standard InChI is InChI=1S/C13H15N3O2/c1-2-6-15(8-9-17)13(18)11-10-16-7-4-3-5-12(16)14-11/h2-5,7,10,17H,1,6,8-9H2. The van der Waals surface area contributed by atoms with Crippen LogP contribution in [0.5, 0.6) is 0 Å². The third-order valence-electron chi connectivity index (χ3n) is 2.59. The van der Waals surface area contributed by atoms with E-state index in [9.17, 15) is 4.79 Å². The highest BCUT2D eigenvalue weighted by Crippen LogP contribution is 2.07. The number of hydrogen-bond donors (Lipinski definition) is 1. The number of carbonyl (C=O) groups excluding carboxylic acids is 1. The van der Waals surface area contributed by atoms with Gasteiger partial charge in [0.05, 0.1) is 6.61 Å². The highest BCUT2D eigenvalue weighted by molar-refractivity contribution is 5.93. The van der Waals surface area contributed by atoms with E-state index in [1.807, 2.05) is 24.4 Å². The lowest BCUT2D eigenvalue weighted by atomic mass is 10.3. The summed E-state index contributed by atoms with van der Waals surface area (Å²) in [7, 11) is 0. The number of carbonyl (C=O) groups is 1. The molecule has 2 heterocycles. The maximum Gasteiger partial charge on any atom is 0.274 e. The summed E-state index contributed by atoms with van der Waals surface area (Å²) in [4.78, 5) is 17.9. The van der Waals surface area contributed by atoms with Gasteiger partial charge in [0.1, 0.15) is 11.3 Å². The van der Waals surface area contributed by atoms with Gasteiger partial charge >= 0.3 is 0 Å². The molecule has 2 aromatic rings. The monoisotopic (exact) mass is 245 g/mol. The molecule has 2 rings (SSSR count). The van der Waals surface area contributed by atoms with Crippen LogP contribution in [-0.4, -0.2) is 45.0 Å². The fourth-order valence-corrected chi connectivity index (χ4v) is 1.75. The van der Waals surface area contributed by atoms with Gasteiger partial charge in [0.25, 0.3) is 5.91 Å². The van der Waals surface area contributed by atoms with Gasteiger partial charge in [-0.25, -0.2) is 4.98 Å². The molecule has 1 amide bonds. The van der Waals surface area contributed by atoms with Crippen molar-refractivity contribution in [2.45, 2.75) is 0 Å². The molecule has 0 aliphatic heterocycles. The molecule has 0 radical (unpaired) electrons. The molecule has 0 aromatic carbocycles. The molecule has 0 saturated heterocycles. The highest BCUT2D eigenvalue weighted by Gasteiger charge is 2.17. The Morgan fingerprint density at radius 3 is 3.06 bits per heavy atom. The summed E-state index contributed by atoms with van der Waals surface area (Å²) >= 11 is 0. The lowest BCUT2D eigenvalue weighted by Crippen LogP contribution is -2.33. The minimum atomic E-state index is -0.201. The Morgan fingerprint density at radius 1 is 1.56 bits per heavy atom. The summed E-state index contributed by atoms with van der Waals surface area (Å²) in [5.41, 5.74) is 1.10. The van der Waals surface area contributed by atoms with E-state index in [2.05, 4.69) is 11.6 Å². The molecule has 18 heavy (non-hydrogen) atoms. The second-order valence-corrected chi connectivity index (χ2v) is 3.86. The van der Waals surface area contributed by atoms with E-state index in [4.69, 9.17) is 5.11 Å². The van der Waals surface area contributed by atoms with E-state index < -0.39 is 0 Å². The summed E-state index contributed by atoms with van der Waals surface area (Å²) < 4.78 is 1.79. The lowest BCUT2D eigenvalue weighted by Gasteiger charge is -2.18. The molecule has 0 atom stereocenters. The second kappa shape index (κ2) is 5.46. The van der Waals surface area contributed by atoms with Crippen LogP contribution in [0.4, 0.5) is 0 Å². The molecule has 0 aliphatic carbocycles. The van der Waals surface area contributed by atoms with E-state index in [-0.39, 0.29) is 19.1 Å². The van der Waals surface area contributed by atoms with Gasteiger partial charge in [-0.3, -0.25) is 4.79 Å². The Hall–Kier alpha value is -2.14. The molecule has 0 aliphatic rings. The van der Waals surface area contributed by atoms with Gasteiger partial charge in [0.15, 0.2) is 0 Å². The van der Waals surface area contributed by atoms with Crippen LogP contribution in [0.15, 0.2) is 43.2 Å². The fourth-order valence-electron chi connectivity index (χ4n) is 1.75. The number of aliphatic hydroxyl groups is 1. The quantitative estimate of drug-likeness (QED) is 0.798. The van der Waals surface area contributed by atoms with Crippen LogP contribution < -0.4 is 0 Å². The van der Waals surface area contributed by atoms with Crippen LogP contribution in [0.1, 0.15) is 10.5 Å². The van der Waals surface area contributed by atoms with E-state index in [0.29, 0.717) is 12.2 Å². The molecule has 2 aromatic heterocycles. The number of nitrogens with zero attached hydrogens (tertiary/aromatic N) is 3. The fraction of sp³-hybridized carbons (Fsp3) is 0.231. The normalized spacial score (nSPS) is 10.5. The first-order valence-corrected chi connectivity index (χ1v) is 5.71. The van der Waals surface area contributed by atoms with Crippen LogP contribution in [0.2, 0.25) is 0 Å². The van der Waals surface area contributed by atoms with E-state index in [0.717, 1.165) is 5.65 Å². The van der Waals surface area contributed by atoms with Gasteiger partial charge in [-0.2, -0.15) is 0 Å². The summed E-state index contributed by atoms with van der Waals surface area (Å²) in [6, 6.07) is 5.57. The van der Waals surface area contributed by atoms with Crippen molar-refractivity contribution < 1.29 is 9.90 Å². The van der Waals surface area contributed by atoms with Gasteiger partial charge in [-0.05, 0) is 12.1 Å². The zero-order chi connectivity index (χ0) is 13.0. The molecule has 0 bridgehead atoms. The Bertz CT molecular complexity index is 529. The van der Waals surface area contributed by atoms with Crippen LogP contribution >= 0.6 is 0 Å². The predicted molar refractivity (Wildman–Crippen MR) is 68.4 cm³/mol. The van der Waals surface area contributed by atoms with Gasteiger partial charge < -0.3 is 14.4 Å². The average Bonchev–Trinajstić information content (AvgIpc) is 2.81. The molecule has 0 spiro atoms. The van der Waals surface area contributed by atoms with Crippen LogP contribution in [0, 0.1) is 0 Å². The van der Waals surface area contributed by atoms with Crippen LogP contribution in [0.3, 0.4) is 0 Å². The van der Waals surface area contributed by atoms with Crippen molar-refractivity contribution >= 4 is 11.6 Å². The number of aliphatic hydroxyl groups excluding tert-OH is 1. The summed E-state index contributed by atoms with van der Waals surface area (Å²) in [6.45, 7) is 4.20. The zero-order valence-electron chi connectivity index (χ0n) is 9.99. The summed E-state index contributed by atoms with van der Waals surface area (Å²) in [6.07, 6.45) is 5.15. The first-order valence-electron chi connectivity index (χ1n) is 5.71. The first-order chi connectivity index (χ1) is 8.76. The zero-order valence-corrected chi connectivity index (χ0v) is 9.99. The molecular weight excluding hydrogens is 230 g/mol. The number of aromatic nitrogens is 2. The molecule has 0 saturated carbocycles. The summed E-state index contributed by atoms with van der Waals surface area (Å²) in [5, 5.41) is 8.95. The van der Waals surface area contributed by atoms with E-state index >= 15 is 0 Å². The van der Waals surface area contributed by atoms with Crippen molar-refractivity contribution in [1.29, 1.82) is 0 Å². The van der Waals surface area contributed by atoms with Crippen molar-refractivity contribution in [3.63, 3.8) is 0 Å². The Balaban J connectivity index is 2.28. The SMILES string of the molecule is C=CCN(CCO)C(=O)c1cn2ccccc2n1. The lowest BCUT2D eigenvalue weighted by molar-refractivity contribution is 0.0737. The van der Waals surface area contributed by atoms with Gasteiger partial charge in [0.2, 0.25) is 0 Å². The minimum absolute atomic E-state index is 0.0764. The maximum absolute atomic E-state index is 12.2. The molecule has 1 N–H and O–H groups in total. The van der Waals surface area contributed by atoms with Crippen molar-refractivity contribution in [2.75, 3.05) is 19.7 Å². The number of imidazole rings is 1. The molecule has 0 unspecified atom stereocenters. The largest absolute Gasteiger partial charge is 0.395 e. The molecule has 0 fully saturated rings. The predicted octanol–water partition coefficient (Wildman–Crippen LogP) is 0.955. The first kappa shape index (κ1) is 12.3.